The van der Waals surface area contributed by atoms with E-state index in [0.717, 1.165) is 39.7 Å². The lowest BCUT2D eigenvalue weighted by molar-refractivity contribution is 0.174. The summed E-state index contributed by atoms with van der Waals surface area (Å²) >= 11 is 0. The van der Waals surface area contributed by atoms with E-state index in [2.05, 4.69) is 10.1 Å². The minimum atomic E-state index is 0.209. The summed E-state index contributed by atoms with van der Waals surface area (Å²) in [6.45, 7) is 0.242. The smallest absolute Gasteiger partial charge is 0.231 e. The fourth-order valence-electron chi connectivity index (χ4n) is 2.95. The van der Waals surface area contributed by atoms with Crippen molar-refractivity contribution in [1.29, 1.82) is 0 Å². The fourth-order valence-corrected chi connectivity index (χ4v) is 2.95. The number of nitrogens with zero attached hydrogens (tertiary/aromatic N) is 3. The van der Waals surface area contributed by atoms with Crippen LogP contribution < -0.4 is 9.47 Å². The molecule has 1 N–H and O–H groups in total. The summed E-state index contributed by atoms with van der Waals surface area (Å²) in [5.74, 6) is 1.67. The number of benzene rings is 2. The van der Waals surface area contributed by atoms with E-state index in [1.807, 2.05) is 36.4 Å². The third-order valence-electron chi connectivity index (χ3n) is 4.17. The number of fused-ring (bicyclic) bond motifs is 2. The normalized spacial score (nSPS) is 12.6. The number of imidazole rings is 1. The highest BCUT2D eigenvalue weighted by atomic mass is 16.7. The van der Waals surface area contributed by atoms with Crippen molar-refractivity contribution in [2.75, 3.05) is 6.79 Å². The summed E-state index contributed by atoms with van der Waals surface area (Å²) in [5, 5.41) is 14.4. The summed E-state index contributed by atoms with van der Waals surface area (Å²) in [7, 11) is 0. The largest absolute Gasteiger partial charge is 0.508 e. The Labute approximate surface area is 142 Å². The summed E-state index contributed by atoms with van der Waals surface area (Å²) < 4.78 is 12.6. The molecule has 6 heteroatoms. The van der Waals surface area contributed by atoms with Crippen molar-refractivity contribution in [3.63, 3.8) is 0 Å². The molecule has 0 amide bonds. The Morgan fingerprint density at radius 3 is 2.76 bits per heavy atom. The second kappa shape index (κ2) is 5.24. The van der Waals surface area contributed by atoms with Gasteiger partial charge < -0.3 is 14.6 Å². The third-order valence-corrected chi connectivity index (χ3v) is 4.17. The molecule has 0 radical (unpaired) electrons. The molecule has 25 heavy (non-hydrogen) atoms. The van der Waals surface area contributed by atoms with Gasteiger partial charge in [0.2, 0.25) is 6.79 Å². The Balaban J connectivity index is 1.66. The lowest BCUT2D eigenvalue weighted by Crippen LogP contribution is -1.96. The van der Waals surface area contributed by atoms with Crippen LogP contribution in [0.15, 0.2) is 60.8 Å². The second-order valence-corrected chi connectivity index (χ2v) is 5.75. The molecule has 2 aromatic carbocycles. The highest BCUT2D eigenvalue weighted by Crippen LogP contribution is 2.36. The van der Waals surface area contributed by atoms with E-state index in [0.29, 0.717) is 0 Å². The molecule has 0 atom stereocenters. The molecule has 122 valence electrons. The van der Waals surface area contributed by atoms with Gasteiger partial charge in [0, 0.05) is 11.1 Å². The number of phenolic OH excluding ortho intramolecular Hbond substituents is 1. The molecule has 0 aliphatic carbocycles. The summed E-state index contributed by atoms with van der Waals surface area (Å²) in [6, 6.07) is 16.6. The average molecular weight is 331 g/mol. The Morgan fingerprint density at radius 2 is 1.84 bits per heavy atom. The second-order valence-electron chi connectivity index (χ2n) is 5.75. The molecule has 0 unspecified atom stereocenters. The van der Waals surface area contributed by atoms with Crippen LogP contribution in [0.1, 0.15) is 0 Å². The standard InChI is InChI=1S/C19H13N3O3/c23-14-3-1-2-12(8-14)15-5-7-19-20-10-16(22(19)21-15)13-4-6-17-18(9-13)25-11-24-17/h1-10,23H,11H2. The van der Waals surface area contributed by atoms with Crippen LogP contribution in [-0.2, 0) is 0 Å². The molecule has 6 nitrogen and oxygen atoms in total. The maximum Gasteiger partial charge on any atom is 0.231 e. The van der Waals surface area contributed by atoms with Crippen LogP contribution in [0.25, 0.3) is 28.2 Å². The molecular weight excluding hydrogens is 318 g/mol. The van der Waals surface area contributed by atoms with Crippen molar-refractivity contribution in [3.05, 3.63) is 60.8 Å². The van der Waals surface area contributed by atoms with Crippen LogP contribution in [0.3, 0.4) is 0 Å². The van der Waals surface area contributed by atoms with E-state index in [-0.39, 0.29) is 12.5 Å². The lowest BCUT2D eigenvalue weighted by Gasteiger charge is -2.06. The molecule has 2 aromatic heterocycles. The minimum Gasteiger partial charge on any atom is -0.508 e. The van der Waals surface area contributed by atoms with Gasteiger partial charge in [-0.2, -0.15) is 5.10 Å². The highest BCUT2D eigenvalue weighted by Gasteiger charge is 2.16. The van der Waals surface area contributed by atoms with Crippen LogP contribution in [0.5, 0.6) is 17.2 Å². The van der Waals surface area contributed by atoms with E-state index in [1.165, 1.54) is 0 Å². The van der Waals surface area contributed by atoms with E-state index < -0.39 is 0 Å². The Kier molecular flexibility index (Phi) is 2.90. The van der Waals surface area contributed by atoms with Crippen LogP contribution in [0, 0.1) is 0 Å². The number of rotatable bonds is 2. The molecule has 4 aromatic rings. The first-order chi connectivity index (χ1) is 12.3. The maximum absolute atomic E-state index is 9.70. The van der Waals surface area contributed by atoms with Gasteiger partial charge in [0.05, 0.1) is 17.6 Å². The molecule has 5 rings (SSSR count). The first-order valence-electron chi connectivity index (χ1n) is 7.82. The first kappa shape index (κ1) is 13.9. The van der Waals surface area contributed by atoms with Crippen LogP contribution in [-0.4, -0.2) is 26.5 Å². The van der Waals surface area contributed by atoms with Crippen molar-refractivity contribution in [2.24, 2.45) is 0 Å². The van der Waals surface area contributed by atoms with Gasteiger partial charge in [-0.3, -0.25) is 0 Å². The number of aromatic hydroxyl groups is 1. The number of hydrogen-bond acceptors (Lipinski definition) is 5. The first-order valence-corrected chi connectivity index (χ1v) is 7.82. The van der Waals surface area contributed by atoms with Crippen molar-refractivity contribution < 1.29 is 14.6 Å². The number of ether oxygens (including phenoxy) is 2. The van der Waals surface area contributed by atoms with E-state index in [1.54, 1.807) is 28.9 Å². The highest BCUT2D eigenvalue weighted by molar-refractivity contribution is 5.68. The lowest BCUT2D eigenvalue weighted by atomic mass is 10.1. The van der Waals surface area contributed by atoms with Crippen molar-refractivity contribution in [3.8, 4) is 39.8 Å². The number of hydrogen-bond donors (Lipinski definition) is 1. The van der Waals surface area contributed by atoms with Crippen LogP contribution in [0.4, 0.5) is 0 Å². The molecule has 0 spiro atoms. The van der Waals surface area contributed by atoms with Gasteiger partial charge in [0.15, 0.2) is 17.1 Å². The van der Waals surface area contributed by atoms with Crippen molar-refractivity contribution in [1.82, 2.24) is 14.6 Å². The monoisotopic (exact) mass is 331 g/mol. The van der Waals surface area contributed by atoms with E-state index in [4.69, 9.17) is 9.47 Å². The van der Waals surface area contributed by atoms with E-state index in [9.17, 15) is 5.11 Å². The van der Waals surface area contributed by atoms with Gasteiger partial charge in [-0.15, -0.1) is 0 Å². The predicted molar refractivity (Wildman–Crippen MR) is 91.6 cm³/mol. The maximum atomic E-state index is 9.70. The van der Waals surface area contributed by atoms with Gasteiger partial charge in [0.1, 0.15) is 5.75 Å². The third kappa shape index (κ3) is 2.27. The molecule has 0 saturated carbocycles. The molecular formula is C19H13N3O3. The quantitative estimate of drug-likeness (QED) is 0.609. The van der Waals surface area contributed by atoms with Gasteiger partial charge in [0.25, 0.3) is 0 Å². The summed E-state index contributed by atoms with van der Waals surface area (Å²) in [6.07, 6.45) is 1.78. The zero-order chi connectivity index (χ0) is 16.8. The van der Waals surface area contributed by atoms with Crippen molar-refractivity contribution >= 4 is 5.65 Å². The van der Waals surface area contributed by atoms with Gasteiger partial charge in [-0.05, 0) is 42.5 Å². The topological polar surface area (TPSA) is 68.9 Å². The molecule has 1 aliphatic rings. The van der Waals surface area contributed by atoms with Crippen molar-refractivity contribution in [2.45, 2.75) is 0 Å². The average Bonchev–Trinajstić information content (AvgIpc) is 3.27. The molecule has 0 bridgehead atoms. The Morgan fingerprint density at radius 1 is 0.920 bits per heavy atom. The molecule has 0 fully saturated rings. The fraction of sp³-hybridized carbons (Fsp3) is 0.0526. The zero-order valence-electron chi connectivity index (χ0n) is 13.1. The zero-order valence-corrected chi connectivity index (χ0v) is 13.1. The molecule has 0 saturated heterocycles. The number of phenols is 1. The number of aromatic nitrogens is 3. The van der Waals surface area contributed by atoms with Crippen LogP contribution in [0.2, 0.25) is 0 Å². The Hall–Kier alpha value is -3.54. The minimum absolute atomic E-state index is 0.209. The van der Waals surface area contributed by atoms with Crippen LogP contribution >= 0.6 is 0 Å². The van der Waals surface area contributed by atoms with Gasteiger partial charge >= 0.3 is 0 Å². The van der Waals surface area contributed by atoms with Gasteiger partial charge in [-0.1, -0.05) is 12.1 Å². The SMILES string of the molecule is Oc1cccc(-c2ccc3ncc(-c4ccc5c(c4)OCO5)n3n2)c1. The molecule has 1 aliphatic heterocycles. The molecule has 3 heterocycles. The predicted octanol–water partition coefficient (Wildman–Crippen LogP) is 3.50. The Bertz CT molecular complexity index is 1100. The summed E-state index contributed by atoms with van der Waals surface area (Å²) in [5.41, 5.74) is 4.14. The summed E-state index contributed by atoms with van der Waals surface area (Å²) in [4.78, 5) is 4.42. The van der Waals surface area contributed by atoms with Gasteiger partial charge in [-0.25, -0.2) is 9.50 Å². The van der Waals surface area contributed by atoms with E-state index >= 15 is 0 Å².